The Morgan fingerprint density at radius 2 is 1.61 bits per heavy atom. The summed E-state index contributed by atoms with van der Waals surface area (Å²) >= 11 is 0. The highest BCUT2D eigenvalue weighted by atomic mass is 15.2. The van der Waals surface area contributed by atoms with E-state index >= 15 is 0 Å². The first-order valence-electron chi connectivity index (χ1n) is 7.98. The highest BCUT2D eigenvalue weighted by molar-refractivity contribution is 4.77. The van der Waals surface area contributed by atoms with Gasteiger partial charge in [0.2, 0.25) is 0 Å². The Morgan fingerprint density at radius 1 is 0.944 bits per heavy atom. The molecule has 1 aliphatic rings. The summed E-state index contributed by atoms with van der Waals surface area (Å²) in [6.45, 7) is 15.5. The molecule has 18 heavy (non-hydrogen) atoms. The lowest BCUT2D eigenvalue weighted by molar-refractivity contribution is 0.152. The van der Waals surface area contributed by atoms with Crippen molar-refractivity contribution in [1.82, 2.24) is 15.1 Å². The summed E-state index contributed by atoms with van der Waals surface area (Å²) in [5.74, 6) is 0. The van der Waals surface area contributed by atoms with Gasteiger partial charge in [-0.3, -0.25) is 0 Å². The number of rotatable bonds is 9. The smallest absolute Gasteiger partial charge is 0.0119 e. The average Bonchev–Trinajstić information content (AvgIpc) is 2.43. The maximum absolute atomic E-state index is 3.47. The van der Waals surface area contributed by atoms with Gasteiger partial charge in [0.15, 0.2) is 0 Å². The molecule has 3 nitrogen and oxygen atoms in total. The minimum atomic E-state index is 0.836. The van der Waals surface area contributed by atoms with Gasteiger partial charge in [-0.15, -0.1) is 0 Å². The van der Waals surface area contributed by atoms with E-state index in [-0.39, 0.29) is 0 Å². The summed E-state index contributed by atoms with van der Waals surface area (Å²) in [5.41, 5.74) is 0. The van der Waals surface area contributed by atoms with Crippen molar-refractivity contribution in [3.8, 4) is 0 Å². The predicted octanol–water partition coefficient (Wildman–Crippen LogP) is 2.18. The quantitative estimate of drug-likeness (QED) is 0.681. The third-order valence-electron chi connectivity index (χ3n) is 4.15. The van der Waals surface area contributed by atoms with Gasteiger partial charge in [-0.25, -0.2) is 0 Å². The molecule has 3 heteroatoms. The summed E-state index contributed by atoms with van der Waals surface area (Å²) in [6, 6.07) is 0.836. The van der Waals surface area contributed by atoms with E-state index in [1.807, 2.05) is 0 Å². The molecule has 108 valence electrons. The van der Waals surface area contributed by atoms with Crippen LogP contribution in [0.2, 0.25) is 0 Å². The van der Waals surface area contributed by atoms with Crippen LogP contribution >= 0.6 is 0 Å². The zero-order valence-corrected chi connectivity index (χ0v) is 12.7. The molecule has 1 fully saturated rings. The van der Waals surface area contributed by atoms with Gasteiger partial charge in [-0.1, -0.05) is 20.8 Å². The lowest BCUT2D eigenvalue weighted by atomic mass is 10.0. The van der Waals surface area contributed by atoms with Crippen LogP contribution in [0.1, 0.15) is 46.5 Å². The molecular weight excluding hydrogens is 222 g/mol. The first-order valence-corrected chi connectivity index (χ1v) is 7.98. The van der Waals surface area contributed by atoms with Crippen molar-refractivity contribution in [3.63, 3.8) is 0 Å². The SMILES string of the molecule is CCCN(CCCN(CC)CC)C1CCNCC1. The Labute approximate surface area is 114 Å². The van der Waals surface area contributed by atoms with Crippen LogP contribution in [0.5, 0.6) is 0 Å². The first-order chi connectivity index (χ1) is 8.81. The molecule has 0 spiro atoms. The zero-order valence-electron chi connectivity index (χ0n) is 12.7. The van der Waals surface area contributed by atoms with Gasteiger partial charge in [0.1, 0.15) is 0 Å². The topological polar surface area (TPSA) is 18.5 Å². The average molecular weight is 255 g/mol. The number of hydrogen-bond donors (Lipinski definition) is 1. The normalized spacial score (nSPS) is 17.8. The van der Waals surface area contributed by atoms with Crippen LogP contribution in [0.25, 0.3) is 0 Å². The van der Waals surface area contributed by atoms with E-state index in [0.717, 1.165) is 6.04 Å². The second-order valence-electron chi connectivity index (χ2n) is 5.40. The second kappa shape index (κ2) is 9.76. The third kappa shape index (κ3) is 5.68. The summed E-state index contributed by atoms with van der Waals surface area (Å²) in [5, 5.41) is 3.47. The maximum atomic E-state index is 3.47. The molecular formula is C15H33N3. The van der Waals surface area contributed by atoms with Crippen molar-refractivity contribution in [2.75, 3.05) is 45.8 Å². The molecule has 0 amide bonds. The van der Waals surface area contributed by atoms with E-state index in [0.29, 0.717) is 0 Å². The van der Waals surface area contributed by atoms with Gasteiger partial charge in [0, 0.05) is 6.04 Å². The van der Waals surface area contributed by atoms with Gasteiger partial charge in [0.05, 0.1) is 0 Å². The fraction of sp³-hybridized carbons (Fsp3) is 1.00. The van der Waals surface area contributed by atoms with Gasteiger partial charge >= 0.3 is 0 Å². The number of nitrogens with one attached hydrogen (secondary N) is 1. The summed E-state index contributed by atoms with van der Waals surface area (Å²) in [4.78, 5) is 5.27. The van der Waals surface area contributed by atoms with E-state index in [9.17, 15) is 0 Å². The summed E-state index contributed by atoms with van der Waals surface area (Å²) < 4.78 is 0. The van der Waals surface area contributed by atoms with Crippen LogP contribution in [0.4, 0.5) is 0 Å². The molecule has 0 saturated carbocycles. The van der Waals surface area contributed by atoms with Crippen LogP contribution in [0.3, 0.4) is 0 Å². The minimum absolute atomic E-state index is 0.836. The van der Waals surface area contributed by atoms with Crippen molar-refractivity contribution in [1.29, 1.82) is 0 Å². The molecule has 1 saturated heterocycles. The monoisotopic (exact) mass is 255 g/mol. The van der Waals surface area contributed by atoms with Crippen LogP contribution in [0, 0.1) is 0 Å². The van der Waals surface area contributed by atoms with Crippen LogP contribution in [-0.4, -0.2) is 61.7 Å². The van der Waals surface area contributed by atoms with E-state index in [1.165, 1.54) is 71.5 Å². The van der Waals surface area contributed by atoms with E-state index in [1.54, 1.807) is 0 Å². The maximum Gasteiger partial charge on any atom is 0.0119 e. The van der Waals surface area contributed by atoms with E-state index < -0.39 is 0 Å². The molecule has 0 aliphatic carbocycles. The molecule has 1 rings (SSSR count). The number of nitrogens with zero attached hydrogens (tertiary/aromatic N) is 2. The lowest BCUT2D eigenvalue weighted by Gasteiger charge is -2.35. The molecule has 0 aromatic rings. The van der Waals surface area contributed by atoms with Crippen molar-refractivity contribution in [3.05, 3.63) is 0 Å². The highest BCUT2D eigenvalue weighted by Gasteiger charge is 2.19. The molecule has 1 heterocycles. The van der Waals surface area contributed by atoms with Crippen LogP contribution < -0.4 is 5.32 Å². The largest absolute Gasteiger partial charge is 0.317 e. The number of hydrogen-bond acceptors (Lipinski definition) is 3. The molecule has 1 aliphatic heterocycles. The van der Waals surface area contributed by atoms with Crippen molar-refractivity contribution in [2.24, 2.45) is 0 Å². The molecule has 1 N–H and O–H groups in total. The fourth-order valence-electron chi connectivity index (χ4n) is 2.97. The van der Waals surface area contributed by atoms with Gasteiger partial charge in [-0.05, 0) is 71.5 Å². The molecule has 0 radical (unpaired) electrons. The van der Waals surface area contributed by atoms with Crippen LogP contribution in [0.15, 0.2) is 0 Å². The second-order valence-corrected chi connectivity index (χ2v) is 5.40. The molecule has 0 atom stereocenters. The Balaban J connectivity index is 2.28. The fourth-order valence-corrected chi connectivity index (χ4v) is 2.97. The highest BCUT2D eigenvalue weighted by Crippen LogP contribution is 2.13. The first kappa shape index (κ1) is 15.9. The van der Waals surface area contributed by atoms with Gasteiger partial charge < -0.3 is 15.1 Å². The number of piperidine rings is 1. The van der Waals surface area contributed by atoms with E-state index in [4.69, 9.17) is 0 Å². The van der Waals surface area contributed by atoms with Crippen molar-refractivity contribution < 1.29 is 0 Å². The molecule has 0 unspecified atom stereocenters. The summed E-state index contributed by atoms with van der Waals surface area (Å²) in [6.07, 6.45) is 5.29. The van der Waals surface area contributed by atoms with Crippen LogP contribution in [-0.2, 0) is 0 Å². The van der Waals surface area contributed by atoms with Crippen molar-refractivity contribution >= 4 is 0 Å². The van der Waals surface area contributed by atoms with Crippen molar-refractivity contribution in [2.45, 2.75) is 52.5 Å². The Kier molecular flexibility index (Phi) is 8.64. The molecule has 0 aromatic carbocycles. The minimum Gasteiger partial charge on any atom is -0.317 e. The van der Waals surface area contributed by atoms with Gasteiger partial charge in [0.25, 0.3) is 0 Å². The molecule has 0 bridgehead atoms. The third-order valence-corrected chi connectivity index (χ3v) is 4.15. The standard InChI is InChI=1S/C15H33N3/c1-4-12-18(15-8-10-16-11-9-15)14-7-13-17(5-2)6-3/h15-16H,4-14H2,1-3H3. The molecule has 0 aromatic heterocycles. The lowest BCUT2D eigenvalue weighted by Crippen LogP contribution is -2.44. The van der Waals surface area contributed by atoms with E-state index in [2.05, 4.69) is 35.9 Å². The Hall–Kier alpha value is -0.120. The van der Waals surface area contributed by atoms with Gasteiger partial charge in [-0.2, -0.15) is 0 Å². The zero-order chi connectivity index (χ0) is 13.2. The Bertz CT molecular complexity index is 186. The Morgan fingerprint density at radius 3 is 2.17 bits per heavy atom. The predicted molar refractivity (Wildman–Crippen MR) is 80.2 cm³/mol. The summed E-state index contributed by atoms with van der Waals surface area (Å²) in [7, 11) is 0.